The van der Waals surface area contributed by atoms with Crippen molar-refractivity contribution in [1.29, 1.82) is 0 Å². The van der Waals surface area contributed by atoms with E-state index in [1.807, 2.05) is 54.6 Å². The van der Waals surface area contributed by atoms with Gasteiger partial charge in [0, 0.05) is 31.6 Å². The van der Waals surface area contributed by atoms with Crippen molar-refractivity contribution >= 4 is 10.9 Å². The number of hydrogen-bond donors (Lipinski definition) is 0. The summed E-state index contributed by atoms with van der Waals surface area (Å²) >= 11 is 0. The SMILES string of the molecule is COC1CCOC(c2cccc(COc3ccc4c(ccc(=O)n4Cc4ccccc4)c3)c2)C1. The Hall–Kier alpha value is -3.41. The zero-order valence-corrected chi connectivity index (χ0v) is 19.4. The van der Waals surface area contributed by atoms with E-state index in [1.165, 1.54) is 0 Å². The lowest BCUT2D eigenvalue weighted by Gasteiger charge is -2.29. The molecule has 34 heavy (non-hydrogen) atoms. The summed E-state index contributed by atoms with van der Waals surface area (Å²) in [5.41, 5.74) is 4.23. The molecule has 4 aromatic rings. The number of fused-ring (bicyclic) bond motifs is 1. The molecule has 3 aromatic carbocycles. The normalized spacial score (nSPS) is 18.1. The number of pyridine rings is 1. The molecule has 1 aliphatic heterocycles. The topological polar surface area (TPSA) is 49.7 Å². The lowest BCUT2D eigenvalue weighted by atomic mass is 9.98. The van der Waals surface area contributed by atoms with Gasteiger partial charge in [0.15, 0.2) is 0 Å². The summed E-state index contributed by atoms with van der Waals surface area (Å²) in [7, 11) is 1.77. The molecule has 2 atom stereocenters. The van der Waals surface area contributed by atoms with Crippen LogP contribution >= 0.6 is 0 Å². The summed E-state index contributed by atoms with van der Waals surface area (Å²) < 4.78 is 19.4. The predicted molar refractivity (Wildman–Crippen MR) is 133 cm³/mol. The maximum Gasteiger partial charge on any atom is 0.251 e. The van der Waals surface area contributed by atoms with Crippen molar-refractivity contribution in [1.82, 2.24) is 4.57 Å². The highest BCUT2D eigenvalue weighted by Gasteiger charge is 2.23. The molecule has 5 heteroatoms. The summed E-state index contributed by atoms with van der Waals surface area (Å²) in [5, 5.41) is 0.975. The molecule has 0 spiro atoms. The molecule has 1 fully saturated rings. The Morgan fingerprint density at radius 2 is 1.79 bits per heavy atom. The predicted octanol–water partition coefficient (Wildman–Crippen LogP) is 5.50. The van der Waals surface area contributed by atoms with Crippen LogP contribution in [0.4, 0.5) is 0 Å². The number of rotatable bonds is 7. The molecule has 5 nitrogen and oxygen atoms in total. The molecule has 0 aliphatic carbocycles. The monoisotopic (exact) mass is 455 g/mol. The average molecular weight is 456 g/mol. The Bertz CT molecular complexity index is 1310. The molecule has 1 aromatic heterocycles. The maximum atomic E-state index is 12.5. The fourth-order valence-electron chi connectivity index (χ4n) is 4.56. The van der Waals surface area contributed by atoms with E-state index in [4.69, 9.17) is 14.2 Å². The van der Waals surface area contributed by atoms with Crippen molar-refractivity contribution in [3.63, 3.8) is 0 Å². The minimum atomic E-state index is -0.0116. The first-order chi connectivity index (χ1) is 16.7. The summed E-state index contributed by atoms with van der Waals surface area (Å²) in [6.45, 7) is 1.72. The molecule has 5 rings (SSSR count). The Morgan fingerprint density at radius 3 is 2.65 bits per heavy atom. The second-order valence-corrected chi connectivity index (χ2v) is 8.74. The van der Waals surface area contributed by atoms with Crippen LogP contribution in [0.3, 0.4) is 0 Å². The van der Waals surface area contributed by atoms with E-state index in [9.17, 15) is 4.79 Å². The van der Waals surface area contributed by atoms with Gasteiger partial charge in [-0.05, 0) is 53.4 Å². The Labute approximate surface area is 199 Å². The van der Waals surface area contributed by atoms with Crippen LogP contribution in [0, 0.1) is 0 Å². The molecule has 1 saturated heterocycles. The van der Waals surface area contributed by atoms with Crippen LogP contribution in [-0.2, 0) is 22.6 Å². The zero-order valence-electron chi connectivity index (χ0n) is 19.4. The minimum Gasteiger partial charge on any atom is -0.489 e. The van der Waals surface area contributed by atoms with Gasteiger partial charge in [0.25, 0.3) is 5.56 Å². The van der Waals surface area contributed by atoms with Crippen molar-refractivity contribution in [3.05, 3.63) is 112 Å². The molecule has 174 valence electrons. The van der Waals surface area contributed by atoms with Gasteiger partial charge in [-0.2, -0.15) is 0 Å². The average Bonchev–Trinajstić information content (AvgIpc) is 2.90. The van der Waals surface area contributed by atoms with Crippen molar-refractivity contribution in [3.8, 4) is 5.75 Å². The fourth-order valence-corrected chi connectivity index (χ4v) is 4.56. The zero-order chi connectivity index (χ0) is 23.3. The molecular formula is C29H29NO4. The van der Waals surface area contributed by atoms with Crippen molar-refractivity contribution in [2.24, 2.45) is 0 Å². The van der Waals surface area contributed by atoms with Crippen LogP contribution in [0.2, 0.25) is 0 Å². The maximum absolute atomic E-state index is 12.5. The standard InChI is InChI=1S/C29H29NO4/c1-32-25-14-15-33-28(18-25)24-9-5-8-22(16-24)20-34-26-11-12-27-23(17-26)10-13-29(31)30(27)19-21-6-3-2-4-7-21/h2-13,16-17,25,28H,14-15,18-20H2,1H3. The van der Waals surface area contributed by atoms with Crippen LogP contribution < -0.4 is 10.3 Å². The van der Waals surface area contributed by atoms with E-state index >= 15 is 0 Å². The molecule has 2 unspecified atom stereocenters. The van der Waals surface area contributed by atoms with Crippen LogP contribution in [0.15, 0.2) is 89.7 Å². The molecule has 2 heterocycles. The first-order valence-corrected chi connectivity index (χ1v) is 11.7. The van der Waals surface area contributed by atoms with Crippen molar-refractivity contribution < 1.29 is 14.2 Å². The van der Waals surface area contributed by atoms with Crippen molar-refractivity contribution in [2.75, 3.05) is 13.7 Å². The van der Waals surface area contributed by atoms with Gasteiger partial charge in [0.05, 0.1) is 24.3 Å². The Morgan fingerprint density at radius 1 is 0.941 bits per heavy atom. The van der Waals surface area contributed by atoms with E-state index in [2.05, 4.69) is 24.3 Å². The van der Waals surface area contributed by atoms with E-state index < -0.39 is 0 Å². The Balaban J connectivity index is 1.31. The molecule has 0 bridgehead atoms. The number of ether oxygens (including phenoxy) is 3. The summed E-state index contributed by atoms with van der Waals surface area (Å²) in [6, 6.07) is 27.8. The molecular weight excluding hydrogens is 426 g/mol. The lowest BCUT2D eigenvalue weighted by molar-refractivity contribution is -0.0599. The van der Waals surface area contributed by atoms with E-state index in [0.717, 1.165) is 52.8 Å². The molecule has 0 amide bonds. The van der Waals surface area contributed by atoms with E-state index in [1.54, 1.807) is 17.7 Å². The lowest BCUT2D eigenvalue weighted by Crippen LogP contribution is -2.25. The quantitative estimate of drug-likeness (QED) is 0.369. The van der Waals surface area contributed by atoms with Gasteiger partial charge in [-0.25, -0.2) is 0 Å². The van der Waals surface area contributed by atoms with E-state index in [-0.39, 0.29) is 17.8 Å². The van der Waals surface area contributed by atoms with Crippen LogP contribution in [0.25, 0.3) is 10.9 Å². The second kappa shape index (κ2) is 10.2. The summed E-state index contributed by atoms with van der Waals surface area (Å²) in [6.07, 6.45) is 2.11. The first kappa shape index (κ1) is 22.4. The third-order valence-corrected chi connectivity index (χ3v) is 6.44. The van der Waals surface area contributed by atoms with Crippen LogP contribution in [0.5, 0.6) is 5.75 Å². The number of methoxy groups -OCH3 is 1. The van der Waals surface area contributed by atoms with Gasteiger partial charge < -0.3 is 18.8 Å². The third kappa shape index (κ3) is 5.06. The second-order valence-electron chi connectivity index (χ2n) is 8.74. The van der Waals surface area contributed by atoms with Gasteiger partial charge in [0.2, 0.25) is 0 Å². The van der Waals surface area contributed by atoms with Gasteiger partial charge in [-0.15, -0.1) is 0 Å². The smallest absolute Gasteiger partial charge is 0.251 e. The largest absolute Gasteiger partial charge is 0.489 e. The number of aromatic nitrogens is 1. The minimum absolute atomic E-state index is 0.0116. The summed E-state index contributed by atoms with van der Waals surface area (Å²) in [5.74, 6) is 0.774. The van der Waals surface area contributed by atoms with Gasteiger partial charge in [0.1, 0.15) is 12.4 Å². The highest BCUT2D eigenvalue weighted by molar-refractivity contribution is 5.80. The summed E-state index contributed by atoms with van der Waals surface area (Å²) in [4.78, 5) is 12.5. The van der Waals surface area contributed by atoms with Gasteiger partial charge in [-0.3, -0.25) is 4.79 Å². The molecule has 1 aliphatic rings. The van der Waals surface area contributed by atoms with Crippen LogP contribution in [-0.4, -0.2) is 24.4 Å². The molecule has 0 saturated carbocycles. The fraction of sp³-hybridized carbons (Fsp3) is 0.276. The highest BCUT2D eigenvalue weighted by atomic mass is 16.5. The molecule has 0 N–H and O–H groups in total. The van der Waals surface area contributed by atoms with Crippen molar-refractivity contribution in [2.45, 2.75) is 38.2 Å². The third-order valence-electron chi connectivity index (χ3n) is 6.44. The highest BCUT2D eigenvalue weighted by Crippen LogP contribution is 2.30. The number of hydrogen-bond acceptors (Lipinski definition) is 4. The number of benzene rings is 3. The Kier molecular flexibility index (Phi) is 6.74. The van der Waals surface area contributed by atoms with E-state index in [0.29, 0.717) is 13.2 Å². The number of nitrogens with zero attached hydrogens (tertiary/aromatic N) is 1. The first-order valence-electron chi connectivity index (χ1n) is 11.7. The molecule has 0 radical (unpaired) electrons. The van der Waals surface area contributed by atoms with Crippen LogP contribution in [0.1, 0.15) is 35.6 Å². The van der Waals surface area contributed by atoms with Gasteiger partial charge >= 0.3 is 0 Å². The van der Waals surface area contributed by atoms with Gasteiger partial charge in [-0.1, -0.05) is 48.5 Å².